The fourth-order valence-electron chi connectivity index (χ4n) is 3.17. The molecular formula is C18H19F3N2O3. The number of hydrogen-bond donors (Lipinski definition) is 1. The van der Waals surface area contributed by atoms with Gasteiger partial charge >= 0.3 is 6.18 Å². The molecule has 1 aromatic carbocycles. The number of halogens is 3. The number of alkyl halides is 3. The molecule has 1 saturated heterocycles. The van der Waals surface area contributed by atoms with E-state index in [2.05, 4.69) is 5.16 Å². The van der Waals surface area contributed by atoms with Gasteiger partial charge in [-0.05, 0) is 25.7 Å². The van der Waals surface area contributed by atoms with Crippen molar-refractivity contribution >= 4 is 5.91 Å². The molecule has 140 valence electrons. The van der Waals surface area contributed by atoms with Crippen LogP contribution in [-0.2, 0) is 4.79 Å². The lowest BCUT2D eigenvalue weighted by Gasteiger charge is -2.36. The van der Waals surface area contributed by atoms with Crippen molar-refractivity contribution in [2.24, 2.45) is 0 Å². The van der Waals surface area contributed by atoms with Crippen LogP contribution < -0.4 is 0 Å². The monoisotopic (exact) mass is 368 g/mol. The predicted octanol–water partition coefficient (Wildman–Crippen LogP) is 3.36. The van der Waals surface area contributed by atoms with Crippen LogP contribution in [0.5, 0.6) is 0 Å². The summed E-state index contributed by atoms with van der Waals surface area (Å²) < 4.78 is 43.7. The highest BCUT2D eigenvalue weighted by Crippen LogP contribution is 2.37. The molecule has 1 aliphatic heterocycles. The summed E-state index contributed by atoms with van der Waals surface area (Å²) in [5.41, 5.74) is -0.884. The van der Waals surface area contributed by atoms with Gasteiger partial charge in [-0.25, -0.2) is 0 Å². The van der Waals surface area contributed by atoms with Gasteiger partial charge in [0, 0.05) is 24.2 Å². The van der Waals surface area contributed by atoms with Crippen molar-refractivity contribution in [3.05, 3.63) is 42.2 Å². The third-order valence-corrected chi connectivity index (χ3v) is 4.83. The highest BCUT2D eigenvalue weighted by atomic mass is 19.4. The molecule has 1 aliphatic rings. The molecule has 2 aromatic rings. The first-order valence-electron chi connectivity index (χ1n) is 8.30. The van der Waals surface area contributed by atoms with Crippen LogP contribution in [0.25, 0.3) is 11.3 Å². The van der Waals surface area contributed by atoms with E-state index in [1.165, 1.54) is 0 Å². The Morgan fingerprint density at radius 3 is 2.42 bits per heavy atom. The van der Waals surface area contributed by atoms with E-state index < -0.39 is 17.7 Å². The molecule has 26 heavy (non-hydrogen) atoms. The van der Waals surface area contributed by atoms with Crippen molar-refractivity contribution in [2.45, 2.75) is 37.5 Å². The SMILES string of the molecule is CC(O)(C(=O)N1CCC(c2conc2-c2ccccc2)CC1)C(F)(F)F. The molecule has 0 saturated carbocycles. The first-order valence-corrected chi connectivity index (χ1v) is 8.30. The summed E-state index contributed by atoms with van der Waals surface area (Å²) in [6.45, 7) is 0.763. The lowest BCUT2D eigenvalue weighted by atomic mass is 9.87. The maximum atomic E-state index is 12.9. The second-order valence-corrected chi connectivity index (χ2v) is 6.62. The molecule has 8 heteroatoms. The summed E-state index contributed by atoms with van der Waals surface area (Å²) in [4.78, 5) is 13.1. The van der Waals surface area contributed by atoms with Crippen molar-refractivity contribution in [3.8, 4) is 11.3 Å². The molecule has 0 radical (unpaired) electrons. The zero-order chi connectivity index (χ0) is 18.9. The van der Waals surface area contributed by atoms with E-state index in [9.17, 15) is 23.1 Å². The van der Waals surface area contributed by atoms with Crippen LogP contribution in [0.3, 0.4) is 0 Å². The molecule has 1 atom stereocenters. The smallest absolute Gasteiger partial charge is 0.373 e. The number of hydrogen-bond acceptors (Lipinski definition) is 4. The number of aromatic nitrogens is 1. The molecular weight excluding hydrogens is 349 g/mol. The summed E-state index contributed by atoms with van der Waals surface area (Å²) >= 11 is 0. The van der Waals surface area contributed by atoms with Crippen LogP contribution in [0, 0.1) is 0 Å². The minimum Gasteiger partial charge on any atom is -0.373 e. The molecule has 0 bridgehead atoms. The second kappa shape index (κ2) is 6.75. The number of benzene rings is 1. The Balaban J connectivity index is 1.71. The predicted molar refractivity (Wildman–Crippen MR) is 87.2 cm³/mol. The first kappa shape index (κ1) is 18.4. The molecule has 1 N–H and O–H groups in total. The standard InChI is InChI=1S/C18H19F3N2O3/c1-17(25,18(19,20)21)16(24)23-9-7-12(8-10-23)14-11-26-22-15(14)13-5-3-2-4-6-13/h2-6,11-12,25H,7-10H2,1H3. The van der Waals surface area contributed by atoms with Crippen molar-refractivity contribution in [1.82, 2.24) is 10.1 Å². The maximum Gasteiger partial charge on any atom is 0.426 e. The molecule has 1 aromatic heterocycles. The van der Waals surface area contributed by atoms with Gasteiger partial charge in [-0.3, -0.25) is 4.79 Å². The number of amides is 1. The Kier molecular flexibility index (Phi) is 4.79. The Morgan fingerprint density at radius 1 is 1.23 bits per heavy atom. The van der Waals surface area contributed by atoms with Crippen LogP contribution in [0.1, 0.15) is 31.2 Å². The molecule has 2 heterocycles. The number of piperidine rings is 1. The summed E-state index contributed by atoms with van der Waals surface area (Å²) in [7, 11) is 0. The van der Waals surface area contributed by atoms with E-state index in [-0.39, 0.29) is 19.0 Å². The normalized spacial score (nSPS) is 18.6. The summed E-state index contributed by atoms with van der Waals surface area (Å²) in [6, 6.07) is 9.46. The van der Waals surface area contributed by atoms with Crippen molar-refractivity contribution < 1.29 is 27.6 Å². The van der Waals surface area contributed by atoms with Crippen LogP contribution in [0.2, 0.25) is 0 Å². The molecule has 1 unspecified atom stereocenters. The largest absolute Gasteiger partial charge is 0.426 e. The third kappa shape index (κ3) is 3.33. The second-order valence-electron chi connectivity index (χ2n) is 6.62. The topological polar surface area (TPSA) is 66.6 Å². The Hall–Kier alpha value is -2.35. The van der Waals surface area contributed by atoms with Gasteiger partial charge in [-0.1, -0.05) is 35.5 Å². The van der Waals surface area contributed by atoms with E-state index in [1.54, 1.807) is 6.26 Å². The lowest BCUT2D eigenvalue weighted by Crippen LogP contribution is -2.57. The molecule has 5 nitrogen and oxygen atoms in total. The third-order valence-electron chi connectivity index (χ3n) is 4.83. The van der Waals surface area contributed by atoms with Crippen LogP contribution in [0.4, 0.5) is 13.2 Å². The van der Waals surface area contributed by atoms with Crippen LogP contribution in [-0.4, -0.2) is 45.9 Å². The number of rotatable bonds is 3. The Morgan fingerprint density at radius 2 is 1.85 bits per heavy atom. The zero-order valence-corrected chi connectivity index (χ0v) is 14.2. The Bertz CT molecular complexity index is 763. The highest BCUT2D eigenvalue weighted by Gasteiger charge is 2.57. The first-order chi connectivity index (χ1) is 12.2. The van der Waals surface area contributed by atoms with Crippen molar-refractivity contribution in [3.63, 3.8) is 0 Å². The summed E-state index contributed by atoms with van der Waals surface area (Å²) in [5.74, 6) is -1.28. The van der Waals surface area contributed by atoms with Gasteiger partial charge in [0.15, 0.2) is 0 Å². The summed E-state index contributed by atoms with van der Waals surface area (Å²) in [5, 5.41) is 13.6. The van der Waals surface area contributed by atoms with E-state index in [0.717, 1.165) is 16.0 Å². The average Bonchev–Trinajstić information content (AvgIpc) is 3.10. The minimum absolute atomic E-state index is 0.0244. The van der Waals surface area contributed by atoms with Gasteiger partial charge < -0.3 is 14.5 Å². The zero-order valence-electron chi connectivity index (χ0n) is 14.2. The minimum atomic E-state index is -5.00. The summed E-state index contributed by atoms with van der Waals surface area (Å²) in [6.07, 6.45) is -2.51. The Labute approximate surface area is 148 Å². The van der Waals surface area contributed by atoms with Gasteiger partial charge in [-0.15, -0.1) is 0 Å². The lowest BCUT2D eigenvalue weighted by molar-refractivity contribution is -0.250. The molecule has 0 spiro atoms. The number of carbonyl (C=O) groups is 1. The van der Waals surface area contributed by atoms with E-state index in [4.69, 9.17) is 4.52 Å². The maximum absolute atomic E-state index is 12.9. The quantitative estimate of drug-likeness (QED) is 0.902. The van der Waals surface area contributed by atoms with Gasteiger partial charge in [-0.2, -0.15) is 13.2 Å². The number of likely N-dealkylation sites (tertiary alicyclic amines) is 1. The van der Waals surface area contributed by atoms with Crippen molar-refractivity contribution in [2.75, 3.05) is 13.1 Å². The van der Waals surface area contributed by atoms with Gasteiger partial charge in [0.1, 0.15) is 12.0 Å². The highest BCUT2D eigenvalue weighted by molar-refractivity contribution is 5.85. The molecule has 1 fully saturated rings. The number of aliphatic hydroxyl groups is 1. The molecule has 0 aliphatic carbocycles. The fraction of sp³-hybridized carbons (Fsp3) is 0.444. The van der Waals surface area contributed by atoms with Crippen molar-refractivity contribution in [1.29, 1.82) is 0 Å². The van der Waals surface area contributed by atoms with Gasteiger partial charge in [0.25, 0.3) is 5.91 Å². The van der Waals surface area contributed by atoms with Gasteiger partial charge in [0.05, 0.1) is 0 Å². The van der Waals surface area contributed by atoms with Crippen LogP contribution >= 0.6 is 0 Å². The van der Waals surface area contributed by atoms with Gasteiger partial charge in [0.2, 0.25) is 5.60 Å². The average molecular weight is 368 g/mol. The fourth-order valence-corrected chi connectivity index (χ4v) is 3.17. The van der Waals surface area contributed by atoms with E-state index in [0.29, 0.717) is 25.5 Å². The molecule has 3 rings (SSSR count). The van der Waals surface area contributed by atoms with Crippen LogP contribution in [0.15, 0.2) is 41.1 Å². The van der Waals surface area contributed by atoms with E-state index in [1.807, 2.05) is 30.3 Å². The number of nitrogens with zero attached hydrogens (tertiary/aromatic N) is 2. The molecule has 1 amide bonds. The van der Waals surface area contributed by atoms with E-state index >= 15 is 0 Å². The number of carbonyl (C=O) groups excluding carboxylic acids is 1.